The van der Waals surface area contributed by atoms with Gasteiger partial charge in [-0.05, 0) is 72.9 Å². The van der Waals surface area contributed by atoms with Crippen molar-refractivity contribution in [1.82, 2.24) is 40.0 Å². The van der Waals surface area contributed by atoms with Crippen molar-refractivity contribution in [3.05, 3.63) is 70.2 Å². The molecule has 16 heteroatoms. The molecule has 3 atom stereocenters. The highest BCUT2D eigenvalue weighted by Crippen LogP contribution is 2.39. The molecule has 4 aromatic rings. The summed E-state index contributed by atoms with van der Waals surface area (Å²) in [6.45, 7) is 7.72. The minimum atomic E-state index is -0.646. The van der Waals surface area contributed by atoms with Crippen LogP contribution in [0.3, 0.4) is 0 Å². The molecule has 5 aliphatic heterocycles. The summed E-state index contributed by atoms with van der Waals surface area (Å²) in [5.41, 5.74) is 13.1. The van der Waals surface area contributed by atoms with Crippen LogP contribution in [0.1, 0.15) is 70.0 Å². The van der Waals surface area contributed by atoms with Gasteiger partial charge in [0.25, 0.3) is 5.91 Å². The van der Waals surface area contributed by atoms with E-state index >= 15 is 0 Å². The van der Waals surface area contributed by atoms with E-state index in [9.17, 15) is 19.2 Å². The molecule has 7 heterocycles. The Balaban J connectivity index is 0.752. The molecule has 0 bridgehead atoms. The van der Waals surface area contributed by atoms with E-state index in [1.807, 2.05) is 24.1 Å². The van der Waals surface area contributed by atoms with Gasteiger partial charge in [-0.2, -0.15) is 0 Å². The first-order valence-electron chi connectivity index (χ1n) is 20.2. The number of likely N-dealkylation sites (N-methyl/N-ethyl adjacent to an activating group) is 1. The van der Waals surface area contributed by atoms with Gasteiger partial charge in [-0.15, -0.1) is 0 Å². The van der Waals surface area contributed by atoms with Crippen LogP contribution in [0.25, 0.3) is 11.0 Å². The first-order valence-corrected chi connectivity index (χ1v) is 20.2. The van der Waals surface area contributed by atoms with Crippen molar-refractivity contribution in [3.8, 4) is 0 Å². The monoisotopic (exact) mass is 773 g/mol. The van der Waals surface area contributed by atoms with Crippen LogP contribution < -0.4 is 21.3 Å². The number of amides is 5. The second kappa shape index (κ2) is 14.1. The lowest BCUT2D eigenvalue weighted by Crippen LogP contribution is -2.58. The Kier molecular flexibility index (Phi) is 8.85. The zero-order chi connectivity index (χ0) is 38.9. The summed E-state index contributed by atoms with van der Waals surface area (Å²) in [5.74, 6) is -0.172. The van der Waals surface area contributed by atoms with Crippen LogP contribution in [0.2, 0.25) is 0 Å². The normalized spacial score (nSPS) is 24.3. The molecule has 0 spiro atoms. The summed E-state index contributed by atoms with van der Waals surface area (Å²) in [5, 5.41) is 11.0. The number of carbonyl (C=O) groups excluding carboxylic acids is 4. The molecule has 1 unspecified atom stereocenters. The number of benzene rings is 2. The Bertz CT molecular complexity index is 2310. The van der Waals surface area contributed by atoms with Crippen molar-refractivity contribution in [2.45, 2.75) is 69.6 Å². The summed E-state index contributed by atoms with van der Waals surface area (Å²) >= 11 is 0. The fourth-order valence-electron chi connectivity index (χ4n) is 9.95. The first kappa shape index (κ1) is 35.8. The molecule has 4 N–H and O–H groups in total. The third-order valence-corrected chi connectivity index (χ3v) is 13.0. The third-order valence-electron chi connectivity index (χ3n) is 13.0. The van der Waals surface area contributed by atoms with E-state index in [2.05, 4.69) is 53.7 Å². The van der Waals surface area contributed by atoms with Crippen LogP contribution in [-0.4, -0.2) is 123 Å². The maximum absolute atomic E-state index is 12.7. The molecule has 2 aromatic heterocycles. The zero-order valence-corrected chi connectivity index (χ0v) is 32.1. The fraction of sp³-hybridized carbons (Fsp3) is 0.488. The highest BCUT2D eigenvalue weighted by atomic mass is 16.5. The summed E-state index contributed by atoms with van der Waals surface area (Å²) in [4.78, 5) is 69.6. The van der Waals surface area contributed by atoms with E-state index in [1.165, 1.54) is 22.3 Å². The number of piperidine rings is 2. The van der Waals surface area contributed by atoms with Crippen molar-refractivity contribution in [1.29, 1.82) is 0 Å². The minimum absolute atomic E-state index is 0.0693. The zero-order valence-electron chi connectivity index (χ0n) is 32.1. The second-order valence-corrected chi connectivity index (χ2v) is 16.7. The van der Waals surface area contributed by atoms with Crippen LogP contribution >= 0.6 is 0 Å². The van der Waals surface area contributed by atoms with Gasteiger partial charge in [0.1, 0.15) is 11.5 Å². The molecule has 16 nitrogen and oxygen atoms in total. The third kappa shape index (κ3) is 6.53. The molecule has 6 aliphatic rings. The Morgan fingerprint density at radius 2 is 1.82 bits per heavy atom. The highest BCUT2D eigenvalue weighted by Gasteiger charge is 2.39. The van der Waals surface area contributed by atoms with E-state index in [0.29, 0.717) is 48.7 Å². The average molecular weight is 774 g/mol. The number of likely N-dealkylation sites (tertiary alicyclic amines) is 1. The van der Waals surface area contributed by atoms with Crippen LogP contribution in [0.5, 0.6) is 0 Å². The largest absolute Gasteiger partial charge is 0.364 e. The molecule has 5 amide bonds. The van der Waals surface area contributed by atoms with Gasteiger partial charge in [0.15, 0.2) is 17.1 Å². The number of anilines is 3. The molecular formula is C41H47N11O5. The quantitative estimate of drug-likeness (QED) is 0.212. The van der Waals surface area contributed by atoms with Gasteiger partial charge in [0.2, 0.25) is 11.8 Å². The lowest BCUT2D eigenvalue weighted by Gasteiger charge is -2.45. The van der Waals surface area contributed by atoms with Crippen LogP contribution in [-0.2, 0) is 35.5 Å². The predicted molar refractivity (Wildman–Crippen MR) is 210 cm³/mol. The number of nitrogens with one attached hydrogen (secondary N) is 2. The van der Waals surface area contributed by atoms with Gasteiger partial charge < -0.3 is 30.3 Å². The Hall–Kier alpha value is -5.61. The SMILES string of the molecule is CN1CCN([C@@H]2CCCN(c3cnc(C(N)=O)c(Nc4ccc5c(c4)CN(C4CN(C[C@@H]6Cc7ccc8c(C9CCC(=O)NC9=O)noc8c7C6)C4)C5)n3)C2)C1=O. The van der Waals surface area contributed by atoms with Crippen LogP contribution in [0.4, 0.5) is 22.1 Å². The van der Waals surface area contributed by atoms with Crippen molar-refractivity contribution in [3.63, 3.8) is 0 Å². The number of fused-ring (bicyclic) bond motifs is 4. The first-order chi connectivity index (χ1) is 27.6. The molecular weight excluding hydrogens is 727 g/mol. The molecule has 4 saturated heterocycles. The summed E-state index contributed by atoms with van der Waals surface area (Å²) < 4.78 is 5.86. The Morgan fingerprint density at radius 3 is 2.63 bits per heavy atom. The van der Waals surface area contributed by atoms with Gasteiger partial charge in [-0.1, -0.05) is 17.3 Å². The number of hydrogen-bond donors (Lipinski definition) is 3. The molecule has 57 heavy (non-hydrogen) atoms. The summed E-state index contributed by atoms with van der Waals surface area (Å²) in [6, 6.07) is 11.2. The molecule has 2 aromatic carbocycles. The topological polar surface area (TPSA) is 186 Å². The summed E-state index contributed by atoms with van der Waals surface area (Å²) in [7, 11) is 1.84. The Morgan fingerprint density at radius 1 is 0.982 bits per heavy atom. The van der Waals surface area contributed by atoms with Gasteiger partial charge in [-0.3, -0.25) is 29.5 Å². The molecule has 10 rings (SSSR count). The van der Waals surface area contributed by atoms with E-state index in [1.54, 1.807) is 11.1 Å². The fourth-order valence-corrected chi connectivity index (χ4v) is 9.95. The molecule has 0 radical (unpaired) electrons. The summed E-state index contributed by atoms with van der Waals surface area (Å²) in [6.07, 6.45) is 6.15. The molecule has 4 fully saturated rings. The number of primary amides is 1. The van der Waals surface area contributed by atoms with Crippen molar-refractivity contribution < 1.29 is 23.7 Å². The van der Waals surface area contributed by atoms with Crippen LogP contribution in [0, 0.1) is 5.92 Å². The maximum atomic E-state index is 12.7. The molecule has 0 saturated carbocycles. The number of hydrogen-bond acceptors (Lipinski definition) is 12. The van der Waals surface area contributed by atoms with Crippen molar-refractivity contribution >= 4 is 52.0 Å². The van der Waals surface area contributed by atoms with E-state index in [0.717, 1.165) is 94.7 Å². The molecule has 296 valence electrons. The number of imide groups is 1. The number of nitrogens with zero attached hydrogens (tertiary/aromatic N) is 8. The smallest absolute Gasteiger partial charge is 0.320 e. The van der Waals surface area contributed by atoms with Crippen LogP contribution in [0.15, 0.2) is 41.1 Å². The van der Waals surface area contributed by atoms with Crippen molar-refractivity contribution in [2.75, 3.05) is 63.1 Å². The predicted octanol–water partition coefficient (Wildman–Crippen LogP) is 2.73. The average Bonchev–Trinajstić information content (AvgIpc) is 3.98. The number of aromatic nitrogens is 3. The minimum Gasteiger partial charge on any atom is -0.364 e. The van der Waals surface area contributed by atoms with E-state index in [-0.39, 0.29) is 29.6 Å². The second-order valence-electron chi connectivity index (χ2n) is 16.7. The van der Waals surface area contributed by atoms with Gasteiger partial charge in [-0.25, -0.2) is 14.8 Å². The standard InChI is InChI=1S/C41H47N11O5/c1-48-11-12-52(41(48)56)28-3-2-10-50(22-28)33-16-43-36(38(42)54)39(45-33)44-27-6-4-25-18-51(19-26(25)15-27)29-20-49(21-29)17-23-13-24-5-7-30-35(47-57-37(30)32(24)14-23)31-8-9-34(53)46-40(31)55/h4-7,15-16,23,28-29,31H,2-3,8-14,17-22H2,1H3,(H2,42,54)(H,44,45)(H,46,53,55)/t23-,28-,31?/m1/s1. The van der Waals surface area contributed by atoms with Gasteiger partial charge >= 0.3 is 6.03 Å². The number of carbonyl (C=O) groups is 4. The number of nitrogens with two attached hydrogens (primary N) is 1. The van der Waals surface area contributed by atoms with Gasteiger partial charge in [0, 0.05) is 95.1 Å². The van der Waals surface area contributed by atoms with E-state index in [4.69, 9.17) is 15.2 Å². The lowest BCUT2D eigenvalue weighted by molar-refractivity contribution is -0.134. The number of urea groups is 1. The maximum Gasteiger partial charge on any atom is 0.320 e. The number of rotatable bonds is 9. The van der Waals surface area contributed by atoms with Crippen molar-refractivity contribution in [2.24, 2.45) is 11.7 Å². The Labute approximate surface area is 329 Å². The lowest BCUT2D eigenvalue weighted by atomic mass is 9.92. The van der Waals surface area contributed by atoms with Gasteiger partial charge in [0.05, 0.1) is 18.2 Å². The highest BCUT2D eigenvalue weighted by molar-refractivity contribution is 6.02. The molecule has 1 aliphatic carbocycles. The van der Waals surface area contributed by atoms with E-state index < -0.39 is 11.8 Å².